The normalized spacial score (nSPS) is 20.3. The number of nitrogens with zero attached hydrogens (tertiary/aromatic N) is 1. The highest BCUT2D eigenvalue weighted by atomic mass is 16.3. The van der Waals surface area contributed by atoms with E-state index in [9.17, 15) is 4.79 Å². The fraction of sp³-hybridized carbons (Fsp3) is 0.438. The molecule has 3 heteroatoms. The minimum Gasteiger partial charge on any atom is -0.472 e. The molecule has 0 aromatic carbocycles. The fourth-order valence-electron chi connectivity index (χ4n) is 3.21. The molecule has 100 valence electrons. The molecule has 0 saturated carbocycles. The molecule has 19 heavy (non-hydrogen) atoms. The quantitative estimate of drug-likeness (QED) is 0.785. The van der Waals surface area contributed by atoms with Gasteiger partial charge in [0.1, 0.15) is 0 Å². The predicted octanol–water partition coefficient (Wildman–Crippen LogP) is 3.34. The van der Waals surface area contributed by atoms with Crippen LogP contribution in [0, 0.1) is 13.8 Å². The third-order valence-electron chi connectivity index (χ3n) is 4.52. The Morgan fingerprint density at radius 3 is 2.79 bits per heavy atom. The first-order valence-corrected chi connectivity index (χ1v) is 6.78. The van der Waals surface area contributed by atoms with Crippen LogP contribution in [0.5, 0.6) is 0 Å². The first-order valence-electron chi connectivity index (χ1n) is 6.78. The van der Waals surface area contributed by atoms with Gasteiger partial charge in [-0.15, -0.1) is 0 Å². The van der Waals surface area contributed by atoms with Gasteiger partial charge in [-0.25, -0.2) is 0 Å². The maximum Gasteiger partial charge on any atom is 0.222 e. The van der Waals surface area contributed by atoms with E-state index < -0.39 is 0 Å². The lowest BCUT2D eigenvalue weighted by atomic mass is 9.86. The molecule has 0 spiro atoms. The van der Waals surface area contributed by atoms with Crippen LogP contribution in [0.2, 0.25) is 0 Å². The van der Waals surface area contributed by atoms with Crippen molar-refractivity contribution < 1.29 is 9.21 Å². The minimum atomic E-state index is 0.253. The Labute approximate surface area is 113 Å². The third-order valence-corrected chi connectivity index (χ3v) is 4.52. The largest absolute Gasteiger partial charge is 0.472 e. The molecular weight excluding hydrogens is 238 g/mol. The Balaban J connectivity index is 2.06. The van der Waals surface area contributed by atoms with E-state index in [4.69, 9.17) is 4.42 Å². The van der Waals surface area contributed by atoms with Crippen molar-refractivity contribution in [3.8, 4) is 11.1 Å². The summed E-state index contributed by atoms with van der Waals surface area (Å²) in [6.07, 6.45) is 5.22. The van der Waals surface area contributed by atoms with Crippen molar-refractivity contribution in [3.05, 3.63) is 35.3 Å². The Morgan fingerprint density at radius 1 is 1.26 bits per heavy atom. The van der Waals surface area contributed by atoms with Crippen LogP contribution >= 0.6 is 0 Å². The van der Waals surface area contributed by atoms with Gasteiger partial charge in [-0.3, -0.25) is 4.79 Å². The number of carbonyl (C=O) groups is 1. The van der Waals surface area contributed by atoms with E-state index in [1.54, 1.807) is 6.26 Å². The molecule has 1 amide bonds. The molecule has 1 fully saturated rings. The smallest absolute Gasteiger partial charge is 0.222 e. The summed E-state index contributed by atoms with van der Waals surface area (Å²) in [6, 6.07) is 2.04. The molecule has 0 radical (unpaired) electrons. The zero-order chi connectivity index (χ0) is 13.6. The van der Waals surface area contributed by atoms with Crippen molar-refractivity contribution in [3.63, 3.8) is 0 Å². The second-order valence-corrected chi connectivity index (χ2v) is 5.55. The number of piperidine rings is 1. The van der Waals surface area contributed by atoms with Gasteiger partial charge in [0.2, 0.25) is 5.91 Å². The standard InChI is InChI=1S/C16H19NO2/c1-10-11(2)16(13-5-7-19-9-14(10)13)12-4-6-17(3)15(18)8-12/h5,7,9,12H,4,6,8H2,1-3H3. The number of hydrogen-bond acceptors (Lipinski definition) is 2. The van der Waals surface area contributed by atoms with Gasteiger partial charge in [0, 0.05) is 25.6 Å². The summed E-state index contributed by atoms with van der Waals surface area (Å²) in [5.74, 6) is 0.602. The summed E-state index contributed by atoms with van der Waals surface area (Å²) in [5.41, 5.74) is 6.38. The third kappa shape index (κ3) is 1.84. The van der Waals surface area contributed by atoms with E-state index in [1.165, 1.54) is 27.8 Å². The van der Waals surface area contributed by atoms with Gasteiger partial charge < -0.3 is 9.32 Å². The molecule has 3 aliphatic rings. The lowest BCUT2D eigenvalue weighted by Crippen LogP contribution is -2.34. The van der Waals surface area contributed by atoms with Gasteiger partial charge in [-0.05, 0) is 54.5 Å². The van der Waals surface area contributed by atoms with Crippen LogP contribution in [-0.4, -0.2) is 24.4 Å². The molecule has 1 saturated heterocycles. The summed E-state index contributed by atoms with van der Waals surface area (Å²) in [6.45, 7) is 5.15. The monoisotopic (exact) mass is 257 g/mol. The molecule has 0 aromatic heterocycles. The van der Waals surface area contributed by atoms with E-state index in [0.717, 1.165) is 13.0 Å². The number of rotatable bonds is 1. The highest BCUT2D eigenvalue weighted by molar-refractivity contribution is 5.81. The molecule has 1 unspecified atom stereocenters. The van der Waals surface area contributed by atoms with Gasteiger partial charge >= 0.3 is 0 Å². The van der Waals surface area contributed by atoms with E-state index in [1.807, 2.05) is 24.3 Å². The maximum atomic E-state index is 11.9. The second kappa shape index (κ2) is 4.41. The van der Waals surface area contributed by atoms with Crippen molar-refractivity contribution in [2.75, 3.05) is 13.6 Å². The fourth-order valence-corrected chi connectivity index (χ4v) is 3.21. The van der Waals surface area contributed by atoms with Crippen LogP contribution < -0.4 is 0 Å². The van der Waals surface area contributed by atoms with Gasteiger partial charge in [-0.1, -0.05) is 0 Å². The lowest BCUT2D eigenvalue weighted by molar-refractivity contribution is -0.132. The van der Waals surface area contributed by atoms with E-state index in [2.05, 4.69) is 13.8 Å². The van der Waals surface area contributed by atoms with E-state index in [0.29, 0.717) is 12.3 Å². The number of carbonyl (C=O) groups excluding carboxylic acids is 1. The molecular formula is C16H19NO2. The zero-order valence-electron chi connectivity index (χ0n) is 11.7. The minimum absolute atomic E-state index is 0.253. The van der Waals surface area contributed by atoms with Crippen molar-refractivity contribution in [1.29, 1.82) is 0 Å². The second-order valence-electron chi connectivity index (χ2n) is 5.55. The first-order chi connectivity index (χ1) is 9.09. The summed E-state index contributed by atoms with van der Waals surface area (Å²) in [7, 11) is 1.89. The van der Waals surface area contributed by atoms with Crippen molar-refractivity contribution in [1.82, 2.24) is 4.90 Å². The molecule has 0 aromatic rings. The molecule has 0 bridgehead atoms. The van der Waals surface area contributed by atoms with Gasteiger partial charge in [0.15, 0.2) is 0 Å². The van der Waals surface area contributed by atoms with Gasteiger partial charge in [0.25, 0.3) is 0 Å². The number of amides is 1. The topological polar surface area (TPSA) is 33.5 Å². The van der Waals surface area contributed by atoms with Crippen molar-refractivity contribution in [2.45, 2.75) is 32.6 Å². The van der Waals surface area contributed by atoms with Crippen LogP contribution in [0.1, 0.15) is 35.4 Å². The Kier molecular flexibility index (Phi) is 2.85. The molecule has 0 N–H and O–H groups in total. The summed E-state index contributed by atoms with van der Waals surface area (Å²) < 4.78 is 5.29. The van der Waals surface area contributed by atoms with Crippen molar-refractivity contribution >= 4 is 5.91 Å². The van der Waals surface area contributed by atoms with Crippen LogP contribution in [-0.2, 0) is 4.79 Å². The SMILES string of the molecule is Cc1c2coccc-2c(C2CCN(C)C(=O)C2)c1C. The van der Waals surface area contributed by atoms with E-state index >= 15 is 0 Å². The Hall–Kier alpha value is -1.77. The molecule has 1 atom stereocenters. The van der Waals surface area contributed by atoms with Crippen LogP contribution in [0.4, 0.5) is 0 Å². The van der Waals surface area contributed by atoms with Gasteiger partial charge in [-0.2, -0.15) is 0 Å². The summed E-state index contributed by atoms with van der Waals surface area (Å²) >= 11 is 0. The zero-order valence-corrected chi connectivity index (χ0v) is 11.7. The average molecular weight is 257 g/mol. The molecule has 2 heterocycles. The number of hydrogen-bond donors (Lipinski definition) is 0. The average Bonchev–Trinajstić information content (AvgIpc) is 2.66. The highest BCUT2D eigenvalue weighted by Crippen LogP contribution is 2.43. The summed E-state index contributed by atoms with van der Waals surface area (Å²) in [4.78, 5) is 13.8. The molecule has 1 aliphatic carbocycles. The highest BCUT2D eigenvalue weighted by Gasteiger charge is 2.30. The predicted molar refractivity (Wildman–Crippen MR) is 74.4 cm³/mol. The van der Waals surface area contributed by atoms with Crippen LogP contribution in [0.15, 0.2) is 23.0 Å². The maximum absolute atomic E-state index is 11.9. The first kappa shape index (κ1) is 12.3. The summed E-state index contributed by atoms with van der Waals surface area (Å²) in [5, 5.41) is 0. The number of likely N-dealkylation sites (tertiary alicyclic amines) is 1. The Bertz CT molecular complexity index is 599. The van der Waals surface area contributed by atoms with Crippen LogP contribution in [0.25, 0.3) is 11.1 Å². The lowest BCUT2D eigenvalue weighted by Gasteiger charge is -2.29. The van der Waals surface area contributed by atoms with Crippen molar-refractivity contribution in [2.24, 2.45) is 0 Å². The Morgan fingerprint density at radius 2 is 2.05 bits per heavy atom. The van der Waals surface area contributed by atoms with Crippen LogP contribution in [0.3, 0.4) is 0 Å². The molecule has 3 rings (SSSR count). The van der Waals surface area contributed by atoms with Gasteiger partial charge in [0.05, 0.1) is 12.5 Å². The molecule has 2 aliphatic heterocycles. The van der Waals surface area contributed by atoms with E-state index in [-0.39, 0.29) is 5.91 Å². The molecule has 3 nitrogen and oxygen atoms in total. The number of fused-ring (bicyclic) bond motifs is 1.